The van der Waals surface area contributed by atoms with Crippen molar-refractivity contribution in [1.82, 2.24) is 0 Å². The van der Waals surface area contributed by atoms with Crippen LogP contribution in [0.5, 0.6) is 5.75 Å². The van der Waals surface area contributed by atoms with Crippen molar-refractivity contribution >= 4 is 5.78 Å². The number of ketones is 1. The van der Waals surface area contributed by atoms with E-state index in [1.807, 2.05) is 24.3 Å². The Morgan fingerprint density at radius 3 is 2.69 bits per heavy atom. The fourth-order valence-electron chi connectivity index (χ4n) is 2.06. The van der Waals surface area contributed by atoms with Gasteiger partial charge in [0.05, 0.1) is 12.2 Å². The standard InChI is InChI=1S/C14H18O2/c1-10-7-8-12(10)9-16-14-6-4-3-5-13(14)11(2)15/h3-6,10,12H,7-9H2,1-2H3/t10-,12-/m0/s1. The van der Waals surface area contributed by atoms with Crippen molar-refractivity contribution in [3.05, 3.63) is 29.8 Å². The number of para-hydroxylation sites is 1. The second-order valence-corrected chi connectivity index (χ2v) is 4.68. The van der Waals surface area contributed by atoms with Gasteiger partial charge in [0.15, 0.2) is 5.78 Å². The van der Waals surface area contributed by atoms with E-state index in [1.54, 1.807) is 6.92 Å². The molecule has 0 aromatic heterocycles. The van der Waals surface area contributed by atoms with E-state index >= 15 is 0 Å². The zero-order valence-electron chi connectivity index (χ0n) is 9.90. The van der Waals surface area contributed by atoms with Gasteiger partial charge < -0.3 is 4.74 Å². The normalized spacial score (nSPS) is 23.6. The van der Waals surface area contributed by atoms with Crippen LogP contribution in [0.3, 0.4) is 0 Å². The molecule has 1 aromatic rings. The molecule has 16 heavy (non-hydrogen) atoms. The van der Waals surface area contributed by atoms with Crippen molar-refractivity contribution in [3.8, 4) is 5.75 Å². The van der Waals surface area contributed by atoms with Crippen LogP contribution in [0.15, 0.2) is 24.3 Å². The molecule has 2 atom stereocenters. The summed E-state index contributed by atoms with van der Waals surface area (Å²) in [7, 11) is 0. The Morgan fingerprint density at radius 2 is 2.12 bits per heavy atom. The zero-order chi connectivity index (χ0) is 11.5. The first-order valence-electron chi connectivity index (χ1n) is 5.91. The van der Waals surface area contributed by atoms with Gasteiger partial charge in [0, 0.05) is 0 Å². The van der Waals surface area contributed by atoms with Gasteiger partial charge in [0.2, 0.25) is 0 Å². The number of hydrogen-bond donors (Lipinski definition) is 0. The predicted octanol–water partition coefficient (Wildman–Crippen LogP) is 3.31. The summed E-state index contributed by atoms with van der Waals surface area (Å²) in [5.41, 5.74) is 0.689. The summed E-state index contributed by atoms with van der Waals surface area (Å²) in [5, 5.41) is 0. The minimum atomic E-state index is 0.0669. The van der Waals surface area contributed by atoms with Crippen molar-refractivity contribution in [3.63, 3.8) is 0 Å². The highest BCUT2D eigenvalue weighted by atomic mass is 16.5. The number of rotatable bonds is 4. The highest BCUT2D eigenvalue weighted by Gasteiger charge is 2.27. The molecule has 0 heterocycles. The van der Waals surface area contributed by atoms with Gasteiger partial charge in [-0.3, -0.25) is 4.79 Å². The van der Waals surface area contributed by atoms with E-state index in [9.17, 15) is 4.79 Å². The summed E-state index contributed by atoms with van der Waals surface area (Å²) >= 11 is 0. The number of carbonyl (C=O) groups excluding carboxylic acids is 1. The van der Waals surface area contributed by atoms with Crippen LogP contribution >= 0.6 is 0 Å². The molecule has 0 amide bonds. The van der Waals surface area contributed by atoms with Crippen LogP contribution in [0.2, 0.25) is 0 Å². The maximum Gasteiger partial charge on any atom is 0.163 e. The molecule has 0 saturated heterocycles. The van der Waals surface area contributed by atoms with Crippen molar-refractivity contribution < 1.29 is 9.53 Å². The summed E-state index contributed by atoms with van der Waals surface area (Å²) in [6, 6.07) is 7.48. The van der Waals surface area contributed by atoms with Crippen LogP contribution in [0.1, 0.15) is 37.0 Å². The lowest BCUT2D eigenvalue weighted by Crippen LogP contribution is -2.28. The molecule has 0 bridgehead atoms. The Bertz CT molecular complexity index is 384. The van der Waals surface area contributed by atoms with Gasteiger partial charge in [-0.15, -0.1) is 0 Å². The summed E-state index contributed by atoms with van der Waals surface area (Å²) in [6.07, 6.45) is 2.56. The smallest absolute Gasteiger partial charge is 0.163 e. The monoisotopic (exact) mass is 218 g/mol. The summed E-state index contributed by atoms with van der Waals surface area (Å²) in [5.74, 6) is 2.23. The number of carbonyl (C=O) groups is 1. The third kappa shape index (κ3) is 2.26. The molecule has 2 nitrogen and oxygen atoms in total. The van der Waals surface area contributed by atoms with Gasteiger partial charge in [-0.2, -0.15) is 0 Å². The molecule has 1 aliphatic rings. The van der Waals surface area contributed by atoms with Gasteiger partial charge in [-0.05, 0) is 43.7 Å². The molecule has 0 N–H and O–H groups in total. The Balaban J connectivity index is 2.00. The first-order chi connectivity index (χ1) is 7.68. The molecule has 1 aromatic carbocycles. The lowest BCUT2D eigenvalue weighted by Gasteiger charge is -2.33. The largest absolute Gasteiger partial charge is 0.493 e. The van der Waals surface area contributed by atoms with Crippen molar-refractivity contribution in [2.24, 2.45) is 11.8 Å². The minimum absolute atomic E-state index is 0.0669. The second kappa shape index (κ2) is 4.69. The van der Waals surface area contributed by atoms with Gasteiger partial charge in [-0.25, -0.2) is 0 Å². The predicted molar refractivity (Wildman–Crippen MR) is 63.8 cm³/mol. The Morgan fingerprint density at radius 1 is 1.38 bits per heavy atom. The fourth-order valence-corrected chi connectivity index (χ4v) is 2.06. The molecule has 1 aliphatic carbocycles. The van der Waals surface area contributed by atoms with Gasteiger partial charge >= 0.3 is 0 Å². The van der Waals surface area contributed by atoms with Crippen LogP contribution in [0.4, 0.5) is 0 Å². The van der Waals surface area contributed by atoms with Gasteiger partial charge in [-0.1, -0.05) is 19.1 Å². The third-order valence-electron chi connectivity index (χ3n) is 3.52. The molecule has 0 radical (unpaired) electrons. The topological polar surface area (TPSA) is 26.3 Å². The molecule has 2 rings (SSSR count). The maximum atomic E-state index is 11.4. The van der Waals surface area contributed by atoms with Gasteiger partial charge in [0.1, 0.15) is 5.75 Å². The van der Waals surface area contributed by atoms with E-state index in [-0.39, 0.29) is 5.78 Å². The molecule has 0 aliphatic heterocycles. The second-order valence-electron chi connectivity index (χ2n) is 4.68. The van der Waals surface area contributed by atoms with E-state index in [2.05, 4.69) is 6.92 Å². The molecule has 0 unspecified atom stereocenters. The lowest BCUT2D eigenvalue weighted by atomic mass is 9.75. The van der Waals surface area contributed by atoms with Crippen LogP contribution < -0.4 is 4.74 Å². The average Bonchev–Trinajstić information content (AvgIpc) is 2.27. The van der Waals surface area contributed by atoms with E-state index < -0.39 is 0 Å². The fraction of sp³-hybridized carbons (Fsp3) is 0.500. The number of benzene rings is 1. The highest BCUT2D eigenvalue weighted by molar-refractivity contribution is 5.96. The average molecular weight is 218 g/mol. The molecule has 1 fully saturated rings. The van der Waals surface area contributed by atoms with Crippen LogP contribution in [0.25, 0.3) is 0 Å². The van der Waals surface area contributed by atoms with E-state index in [4.69, 9.17) is 4.74 Å². The molecular formula is C14H18O2. The van der Waals surface area contributed by atoms with Crippen LogP contribution in [0, 0.1) is 11.8 Å². The summed E-state index contributed by atoms with van der Waals surface area (Å²) < 4.78 is 5.75. The Hall–Kier alpha value is -1.31. The van der Waals surface area contributed by atoms with Crippen molar-refractivity contribution in [2.75, 3.05) is 6.61 Å². The lowest BCUT2D eigenvalue weighted by molar-refractivity contribution is 0.0992. The molecule has 0 spiro atoms. The first kappa shape index (κ1) is 11.2. The number of Topliss-reactive ketones (excluding diaryl/α,β-unsaturated/α-hetero) is 1. The van der Waals surface area contributed by atoms with Crippen molar-refractivity contribution in [2.45, 2.75) is 26.7 Å². The quantitative estimate of drug-likeness (QED) is 0.725. The maximum absolute atomic E-state index is 11.4. The summed E-state index contributed by atoms with van der Waals surface area (Å²) in [6.45, 7) is 4.58. The SMILES string of the molecule is CC(=O)c1ccccc1OC[C@@H]1CC[C@@H]1C. The molecule has 2 heteroatoms. The van der Waals surface area contributed by atoms with E-state index in [1.165, 1.54) is 12.8 Å². The number of ether oxygens (including phenoxy) is 1. The van der Waals surface area contributed by atoms with E-state index in [0.29, 0.717) is 11.5 Å². The molecular weight excluding hydrogens is 200 g/mol. The van der Waals surface area contributed by atoms with Crippen molar-refractivity contribution in [1.29, 1.82) is 0 Å². The third-order valence-corrected chi connectivity index (χ3v) is 3.52. The Kier molecular flexibility index (Phi) is 3.28. The molecule has 86 valence electrons. The van der Waals surface area contributed by atoms with Crippen LogP contribution in [-0.2, 0) is 0 Å². The Labute approximate surface area is 96.6 Å². The minimum Gasteiger partial charge on any atom is -0.493 e. The summed E-state index contributed by atoms with van der Waals surface area (Å²) in [4.78, 5) is 11.4. The number of hydrogen-bond acceptors (Lipinski definition) is 2. The van der Waals surface area contributed by atoms with E-state index in [0.717, 1.165) is 18.3 Å². The molecule has 1 saturated carbocycles. The van der Waals surface area contributed by atoms with Crippen LogP contribution in [-0.4, -0.2) is 12.4 Å². The first-order valence-corrected chi connectivity index (χ1v) is 5.91. The van der Waals surface area contributed by atoms with Gasteiger partial charge in [0.25, 0.3) is 0 Å². The zero-order valence-corrected chi connectivity index (χ0v) is 9.90. The highest BCUT2D eigenvalue weighted by Crippen LogP contribution is 2.34.